The van der Waals surface area contributed by atoms with E-state index < -0.39 is 0 Å². The van der Waals surface area contributed by atoms with Crippen LogP contribution in [0.5, 0.6) is 0 Å². The van der Waals surface area contributed by atoms with Crippen molar-refractivity contribution in [1.29, 1.82) is 0 Å². The fourth-order valence-corrected chi connectivity index (χ4v) is 2.29. The maximum absolute atomic E-state index is 11.8. The first-order valence-electron chi connectivity index (χ1n) is 6.37. The van der Waals surface area contributed by atoms with Gasteiger partial charge < -0.3 is 10.4 Å². The molecule has 1 saturated carbocycles. The SMILES string of the molecule is CCC(NC(=O)CCn1cnnn1)C1CC(O)C1. The molecule has 7 nitrogen and oxygen atoms in total. The highest BCUT2D eigenvalue weighted by Crippen LogP contribution is 2.31. The molecule has 1 heterocycles. The summed E-state index contributed by atoms with van der Waals surface area (Å²) in [4.78, 5) is 11.8. The summed E-state index contributed by atoms with van der Waals surface area (Å²) >= 11 is 0. The summed E-state index contributed by atoms with van der Waals surface area (Å²) in [5, 5.41) is 23.0. The molecule has 7 heteroatoms. The van der Waals surface area contributed by atoms with Crippen molar-refractivity contribution in [2.45, 2.75) is 51.3 Å². The summed E-state index contributed by atoms with van der Waals surface area (Å²) < 4.78 is 1.54. The molecule has 1 amide bonds. The lowest BCUT2D eigenvalue weighted by Crippen LogP contribution is -2.46. The quantitative estimate of drug-likeness (QED) is 0.728. The maximum Gasteiger partial charge on any atom is 0.222 e. The highest BCUT2D eigenvalue weighted by atomic mass is 16.3. The molecule has 0 aliphatic heterocycles. The highest BCUT2D eigenvalue weighted by Gasteiger charge is 2.33. The van der Waals surface area contributed by atoms with Crippen molar-refractivity contribution < 1.29 is 9.90 Å². The number of hydrogen-bond acceptors (Lipinski definition) is 5. The van der Waals surface area contributed by atoms with Crippen molar-refractivity contribution in [3.8, 4) is 0 Å². The van der Waals surface area contributed by atoms with E-state index >= 15 is 0 Å². The lowest BCUT2D eigenvalue weighted by molar-refractivity contribution is -0.123. The zero-order chi connectivity index (χ0) is 13.0. The molecule has 0 saturated heterocycles. The minimum absolute atomic E-state index is 0.0127. The second-order valence-corrected chi connectivity index (χ2v) is 4.79. The first kappa shape index (κ1) is 12.9. The summed E-state index contributed by atoms with van der Waals surface area (Å²) in [7, 11) is 0. The van der Waals surface area contributed by atoms with E-state index in [0.29, 0.717) is 18.9 Å². The van der Waals surface area contributed by atoms with Crippen LogP contribution in [-0.2, 0) is 11.3 Å². The van der Waals surface area contributed by atoms with E-state index in [-0.39, 0.29) is 18.1 Å². The number of tetrazole rings is 1. The minimum atomic E-state index is -0.179. The third kappa shape index (κ3) is 3.25. The van der Waals surface area contributed by atoms with Gasteiger partial charge in [-0.2, -0.15) is 0 Å². The molecule has 1 fully saturated rings. The molecule has 1 aromatic heterocycles. The molecule has 2 N–H and O–H groups in total. The van der Waals surface area contributed by atoms with Crippen molar-refractivity contribution in [2.75, 3.05) is 0 Å². The van der Waals surface area contributed by atoms with E-state index in [1.165, 1.54) is 11.0 Å². The number of amides is 1. The number of aryl methyl sites for hydroxylation is 1. The van der Waals surface area contributed by atoms with Gasteiger partial charge in [-0.05, 0) is 35.6 Å². The van der Waals surface area contributed by atoms with Crippen LogP contribution in [-0.4, -0.2) is 43.4 Å². The minimum Gasteiger partial charge on any atom is -0.393 e. The van der Waals surface area contributed by atoms with Gasteiger partial charge in [0.15, 0.2) is 0 Å². The fourth-order valence-electron chi connectivity index (χ4n) is 2.29. The van der Waals surface area contributed by atoms with Gasteiger partial charge in [-0.3, -0.25) is 4.79 Å². The van der Waals surface area contributed by atoms with Crippen molar-refractivity contribution in [3.05, 3.63) is 6.33 Å². The van der Waals surface area contributed by atoms with Crippen molar-refractivity contribution in [2.24, 2.45) is 5.92 Å². The molecule has 0 aromatic carbocycles. The van der Waals surface area contributed by atoms with Gasteiger partial charge in [0.1, 0.15) is 6.33 Å². The number of nitrogens with one attached hydrogen (secondary N) is 1. The molecule has 0 spiro atoms. The van der Waals surface area contributed by atoms with E-state index in [0.717, 1.165) is 19.3 Å². The molecule has 1 aliphatic carbocycles. The molecule has 0 radical (unpaired) electrons. The molecular formula is C11H19N5O2. The fraction of sp³-hybridized carbons (Fsp3) is 0.818. The zero-order valence-corrected chi connectivity index (χ0v) is 10.5. The Labute approximate surface area is 106 Å². The number of nitrogens with zero attached hydrogens (tertiary/aromatic N) is 4. The van der Waals surface area contributed by atoms with Crippen LogP contribution in [0.3, 0.4) is 0 Å². The predicted molar refractivity (Wildman–Crippen MR) is 63.4 cm³/mol. The number of hydrogen-bond donors (Lipinski definition) is 2. The largest absolute Gasteiger partial charge is 0.393 e. The molecule has 18 heavy (non-hydrogen) atoms. The first-order valence-corrected chi connectivity index (χ1v) is 6.37. The summed E-state index contributed by atoms with van der Waals surface area (Å²) in [5.74, 6) is 0.431. The molecule has 2 rings (SSSR count). The first-order chi connectivity index (χ1) is 8.69. The molecule has 0 bridgehead atoms. The van der Waals surface area contributed by atoms with Crippen LogP contribution >= 0.6 is 0 Å². The number of aromatic nitrogens is 4. The Morgan fingerprint density at radius 3 is 2.94 bits per heavy atom. The number of carbonyl (C=O) groups is 1. The Balaban J connectivity index is 1.72. The number of carbonyl (C=O) groups excluding carboxylic acids is 1. The van der Waals surface area contributed by atoms with Gasteiger partial charge in [-0.1, -0.05) is 6.92 Å². The zero-order valence-electron chi connectivity index (χ0n) is 10.5. The van der Waals surface area contributed by atoms with Crippen molar-refractivity contribution in [1.82, 2.24) is 25.5 Å². The third-order valence-corrected chi connectivity index (χ3v) is 3.46. The van der Waals surface area contributed by atoms with Gasteiger partial charge in [0.2, 0.25) is 5.91 Å². The lowest BCUT2D eigenvalue weighted by Gasteiger charge is -2.37. The lowest BCUT2D eigenvalue weighted by atomic mass is 9.76. The van der Waals surface area contributed by atoms with Crippen molar-refractivity contribution in [3.63, 3.8) is 0 Å². The average Bonchev–Trinajstić information content (AvgIpc) is 2.83. The van der Waals surface area contributed by atoms with Crippen LogP contribution in [0.15, 0.2) is 6.33 Å². The van der Waals surface area contributed by atoms with Gasteiger partial charge in [-0.15, -0.1) is 5.10 Å². The highest BCUT2D eigenvalue weighted by molar-refractivity contribution is 5.76. The summed E-state index contributed by atoms with van der Waals surface area (Å²) in [6.45, 7) is 2.54. The standard InChI is InChI=1S/C11H19N5O2/c1-2-10(8-5-9(17)6-8)13-11(18)3-4-16-7-12-14-15-16/h7-10,17H,2-6H2,1H3,(H,13,18). The Hall–Kier alpha value is -1.50. The Bertz CT molecular complexity index is 375. The second-order valence-electron chi connectivity index (χ2n) is 4.79. The summed E-state index contributed by atoms with van der Waals surface area (Å²) in [6.07, 6.45) is 4.18. The van der Waals surface area contributed by atoms with Crippen LogP contribution in [0.2, 0.25) is 0 Å². The molecule has 1 aliphatic rings. The van der Waals surface area contributed by atoms with Crippen LogP contribution < -0.4 is 5.32 Å². The van der Waals surface area contributed by atoms with E-state index in [4.69, 9.17) is 0 Å². The van der Waals surface area contributed by atoms with Crippen LogP contribution in [0.4, 0.5) is 0 Å². The third-order valence-electron chi connectivity index (χ3n) is 3.46. The van der Waals surface area contributed by atoms with Gasteiger partial charge >= 0.3 is 0 Å². The van der Waals surface area contributed by atoms with E-state index in [1.807, 2.05) is 0 Å². The van der Waals surface area contributed by atoms with Crippen LogP contribution in [0.1, 0.15) is 32.6 Å². The Morgan fingerprint density at radius 2 is 2.39 bits per heavy atom. The number of aliphatic hydroxyl groups is 1. The van der Waals surface area contributed by atoms with Gasteiger partial charge in [0.05, 0.1) is 12.6 Å². The van der Waals surface area contributed by atoms with E-state index in [9.17, 15) is 9.90 Å². The summed E-state index contributed by atoms with van der Waals surface area (Å²) in [6, 6.07) is 0.176. The van der Waals surface area contributed by atoms with Crippen LogP contribution in [0.25, 0.3) is 0 Å². The molecule has 100 valence electrons. The van der Waals surface area contributed by atoms with Gasteiger partial charge in [0.25, 0.3) is 0 Å². The normalized spacial score (nSPS) is 24.3. The second kappa shape index (κ2) is 5.90. The van der Waals surface area contributed by atoms with Gasteiger partial charge in [-0.25, -0.2) is 4.68 Å². The average molecular weight is 253 g/mol. The topological polar surface area (TPSA) is 92.9 Å². The molecular weight excluding hydrogens is 234 g/mol. The molecule has 1 aromatic rings. The monoisotopic (exact) mass is 253 g/mol. The van der Waals surface area contributed by atoms with Crippen LogP contribution in [0, 0.1) is 5.92 Å². The van der Waals surface area contributed by atoms with Crippen molar-refractivity contribution >= 4 is 5.91 Å². The maximum atomic E-state index is 11.8. The summed E-state index contributed by atoms with van der Waals surface area (Å²) in [5.41, 5.74) is 0. The Kier molecular flexibility index (Phi) is 4.24. The van der Waals surface area contributed by atoms with E-state index in [2.05, 4.69) is 27.8 Å². The smallest absolute Gasteiger partial charge is 0.222 e. The predicted octanol–water partition coefficient (Wildman–Crippen LogP) is -0.271. The van der Waals surface area contributed by atoms with Gasteiger partial charge in [0, 0.05) is 12.5 Å². The Morgan fingerprint density at radius 1 is 1.61 bits per heavy atom. The molecule has 1 unspecified atom stereocenters. The number of rotatable bonds is 6. The number of aliphatic hydroxyl groups excluding tert-OH is 1. The van der Waals surface area contributed by atoms with E-state index in [1.54, 1.807) is 0 Å². The molecule has 1 atom stereocenters.